The summed E-state index contributed by atoms with van der Waals surface area (Å²) in [5.41, 5.74) is 1.08. The van der Waals surface area contributed by atoms with Crippen LogP contribution >= 0.6 is 0 Å². The van der Waals surface area contributed by atoms with E-state index < -0.39 is 0 Å². The minimum absolute atomic E-state index is 0.155. The summed E-state index contributed by atoms with van der Waals surface area (Å²) in [6.45, 7) is 0.155. The van der Waals surface area contributed by atoms with Gasteiger partial charge in [0, 0.05) is 18.9 Å². The second kappa shape index (κ2) is 6.02. The average Bonchev–Trinajstić information content (AvgIpc) is 2.42. The highest BCUT2D eigenvalue weighted by Gasteiger charge is 2.00. The number of ether oxygens (including phenoxy) is 2. The van der Waals surface area contributed by atoms with Crippen molar-refractivity contribution in [2.75, 3.05) is 13.7 Å². The molecule has 18 heavy (non-hydrogen) atoms. The van der Waals surface area contributed by atoms with Crippen LogP contribution in [0.5, 0.6) is 17.4 Å². The molecule has 0 saturated carbocycles. The van der Waals surface area contributed by atoms with Gasteiger partial charge in [-0.1, -0.05) is 12.1 Å². The molecule has 2 aromatic rings. The summed E-state index contributed by atoms with van der Waals surface area (Å²) in [6, 6.07) is 11.1. The molecule has 0 aliphatic heterocycles. The van der Waals surface area contributed by atoms with E-state index >= 15 is 0 Å². The number of benzene rings is 1. The zero-order valence-corrected chi connectivity index (χ0v) is 10.2. The number of pyridine rings is 1. The molecule has 1 N–H and O–H groups in total. The van der Waals surface area contributed by atoms with Crippen LogP contribution < -0.4 is 9.47 Å². The Hall–Kier alpha value is -2.07. The first kappa shape index (κ1) is 12.4. The Morgan fingerprint density at radius 3 is 2.56 bits per heavy atom. The fourth-order valence-corrected chi connectivity index (χ4v) is 1.56. The van der Waals surface area contributed by atoms with Crippen molar-refractivity contribution >= 4 is 0 Å². The van der Waals surface area contributed by atoms with Crippen molar-refractivity contribution in [2.45, 2.75) is 6.42 Å². The molecular formula is C14H15NO3. The molecule has 0 atom stereocenters. The SMILES string of the molecule is COc1cc(Oc2ccc(CCO)cc2)ccn1. The van der Waals surface area contributed by atoms with E-state index in [0.29, 0.717) is 18.1 Å². The third kappa shape index (κ3) is 3.21. The lowest BCUT2D eigenvalue weighted by Gasteiger charge is -2.07. The van der Waals surface area contributed by atoms with Crippen LogP contribution in [0.15, 0.2) is 42.6 Å². The maximum Gasteiger partial charge on any atom is 0.216 e. The predicted molar refractivity (Wildman–Crippen MR) is 68.1 cm³/mol. The van der Waals surface area contributed by atoms with Crippen LogP contribution in [0.2, 0.25) is 0 Å². The van der Waals surface area contributed by atoms with Crippen LogP contribution in [0.25, 0.3) is 0 Å². The largest absolute Gasteiger partial charge is 0.481 e. The maximum absolute atomic E-state index is 8.83. The lowest BCUT2D eigenvalue weighted by Crippen LogP contribution is -1.91. The highest BCUT2D eigenvalue weighted by atomic mass is 16.5. The second-order valence-corrected chi connectivity index (χ2v) is 3.75. The standard InChI is InChI=1S/C14H15NO3/c1-17-14-10-13(6-8-15-14)18-12-4-2-11(3-5-12)7-9-16/h2-6,8,10,16H,7,9H2,1H3. The smallest absolute Gasteiger partial charge is 0.216 e. The van der Waals surface area contributed by atoms with Gasteiger partial charge in [0.15, 0.2) is 0 Å². The third-order valence-corrected chi connectivity index (χ3v) is 2.47. The van der Waals surface area contributed by atoms with E-state index in [9.17, 15) is 0 Å². The molecule has 0 unspecified atom stereocenters. The number of nitrogens with zero attached hydrogens (tertiary/aromatic N) is 1. The van der Waals surface area contributed by atoms with Gasteiger partial charge in [-0.15, -0.1) is 0 Å². The Bertz CT molecular complexity index is 497. The summed E-state index contributed by atoms with van der Waals surface area (Å²) < 4.78 is 10.7. The van der Waals surface area contributed by atoms with Gasteiger partial charge in [-0.05, 0) is 30.2 Å². The molecular weight excluding hydrogens is 230 g/mol. The normalized spacial score (nSPS) is 10.1. The van der Waals surface area contributed by atoms with E-state index in [-0.39, 0.29) is 6.61 Å². The second-order valence-electron chi connectivity index (χ2n) is 3.75. The molecule has 4 heteroatoms. The molecule has 0 saturated heterocycles. The maximum atomic E-state index is 8.83. The van der Waals surface area contributed by atoms with Crippen LogP contribution in [0.1, 0.15) is 5.56 Å². The van der Waals surface area contributed by atoms with Gasteiger partial charge in [0.1, 0.15) is 11.5 Å². The Balaban J connectivity index is 2.08. The predicted octanol–water partition coefficient (Wildman–Crippen LogP) is 2.42. The summed E-state index contributed by atoms with van der Waals surface area (Å²) in [5.74, 6) is 1.94. The Labute approximate surface area is 106 Å². The van der Waals surface area contributed by atoms with Crippen molar-refractivity contribution in [3.63, 3.8) is 0 Å². The molecule has 0 fully saturated rings. The third-order valence-electron chi connectivity index (χ3n) is 2.47. The van der Waals surface area contributed by atoms with Crippen molar-refractivity contribution in [3.8, 4) is 17.4 Å². The zero-order valence-electron chi connectivity index (χ0n) is 10.2. The monoisotopic (exact) mass is 245 g/mol. The molecule has 0 spiro atoms. The number of rotatable bonds is 5. The summed E-state index contributed by atoms with van der Waals surface area (Å²) in [5, 5.41) is 8.83. The van der Waals surface area contributed by atoms with Gasteiger partial charge in [-0.2, -0.15) is 0 Å². The number of aromatic nitrogens is 1. The summed E-state index contributed by atoms with van der Waals surface area (Å²) >= 11 is 0. The van der Waals surface area contributed by atoms with Crippen LogP contribution in [0.4, 0.5) is 0 Å². The van der Waals surface area contributed by atoms with E-state index in [0.717, 1.165) is 11.3 Å². The summed E-state index contributed by atoms with van der Waals surface area (Å²) in [4.78, 5) is 4.01. The van der Waals surface area contributed by atoms with E-state index in [1.165, 1.54) is 0 Å². The Kier molecular flexibility index (Phi) is 4.15. The van der Waals surface area contributed by atoms with Gasteiger partial charge in [0.05, 0.1) is 7.11 Å². The first-order chi connectivity index (χ1) is 8.81. The Morgan fingerprint density at radius 2 is 1.89 bits per heavy atom. The van der Waals surface area contributed by atoms with Crippen molar-refractivity contribution < 1.29 is 14.6 Å². The van der Waals surface area contributed by atoms with Crippen molar-refractivity contribution in [1.82, 2.24) is 4.98 Å². The number of methoxy groups -OCH3 is 1. The molecule has 1 aromatic heterocycles. The van der Waals surface area contributed by atoms with E-state index in [1.807, 2.05) is 24.3 Å². The van der Waals surface area contributed by atoms with E-state index in [4.69, 9.17) is 14.6 Å². The van der Waals surface area contributed by atoms with Gasteiger partial charge >= 0.3 is 0 Å². The van der Waals surface area contributed by atoms with Crippen LogP contribution in [0, 0.1) is 0 Å². The quantitative estimate of drug-likeness (QED) is 0.879. The Morgan fingerprint density at radius 1 is 1.11 bits per heavy atom. The minimum Gasteiger partial charge on any atom is -0.481 e. The van der Waals surface area contributed by atoms with Crippen LogP contribution in [-0.4, -0.2) is 23.8 Å². The molecule has 4 nitrogen and oxygen atoms in total. The number of aliphatic hydroxyl groups is 1. The van der Waals surface area contributed by atoms with Gasteiger partial charge < -0.3 is 14.6 Å². The number of hydrogen-bond donors (Lipinski definition) is 1. The van der Waals surface area contributed by atoms with E-state index in [1.54, 1.807) is 25.4 Å². The first-order valence-corrected chi connectivity index (χ1v) is 5.69. The van der Waals surface area contributed by atoms with E-state index in [2.05, 4.69) is 4.98 Å². The van der Waals surface area contributed by atoms with Crippen molar-refractivity contribution in [3.05, 3.63) is 48.2 Å². The summed E-state index contributed by atoms with van der Waals surface area (Å²) in [7, 11) is 1.57. The van der Waals surface area contributed by atoms with Gasteiger partial charge in [-0.25, -0.2) is 4.98 Å². The lowest BCUT2D eigenvalue weighted by atomic mass is 10.1. The fraction of sp³-hybridized carbons (Fsp3) is 0.214. The molecule has 0 radical (unpaired) electrons. The lowest BCUT2D eigenvalue weighted by molar-refractivity contribution is 0.299. The molecule has 1 aromatic carbocycles. The van der Waals surface area contributed by atoms with Crippen molar-refractivity contribution in [1.29, 1.82) is 0 Å². The fourth-order valence-electron chi connectivity index (χ4n) is 1.56. The summed E-state index contributed by atoms with van der Waals surface area (Å²) in [6.07, 6.45) is 2.29. The molecule has 2 rings (SSSR count). The highest BCUT2D eigenvalue weighted by molar-refractivity contribution is 5.34. The zero-order chi connectivity index (χ0) is 12.8. The van der Waals surface area contributed by atoms with Gasteiger partial charge in [0.2, 0.25) is 5.88 Å². The highest BCUT2D eigenvalue weighted by Crippen LogP contribution is 2.23. The average molecular weight is 245 g/mol. The topological polar surface area (TPSA) is 51.6 Å². The van der Waals surface area contributed by atoms with Crippen LogP contribution in [-0.2, 0) is 6.42 Å². The first-order valence-electron chi connectivity index (χ1n) is 5.69. The van der Waals surface area contributed by atoms with Gasteiger partial charge in [0.25, 0.3) is 0 Å². The minimum atomic E-state index is 0.155. The molecule has 0 aliphatic carbocycles. The molecule has 0 amide bonds. The van der Waals surface area contributed by atoms with Crippen molar-refractivity contribution in [2.24, 2.45) is 0 Å². The molecule has 94 valence electrons. The van der Waals surface area contributed by atoms with Gasteiger partial charge in [-0.3, -0.25) is 0 Å². The van der Waals surface area contributed by atoms with Crippen LogP contribution in [0.3, 0.4) is 0 Å². The molecule has 1 heterocycles. The molecule has 0 bridgehead atoms. The number of hydrogen-bond acceptors (Lipinski definition) is 4. The molecule has 0 aliphatic rings. The number of aliphatic hydroxyl groups excluding tert-OH is 1.